The first-order valence-electron chi connectivity index (χ1n) is 7.43. The van der Waals surface area contributed by atoms with E-state index >= 15 is 0 Å². The lowest BCUT2D eigenvalue weighted by molar-refractivity contribution is -0.133. The van der Waals surface area contributed by atoms with Crippen molar-refractivity contribution in [2.75, 3.05) is 19.6 Å². The summed E-state index contributed by atoms with van der Waals surface area (Å²) in [6.07, 6.45) is 0.476. The van der Waals surface area contributed by atoms with Crippen molar-refractivity contribution in [2.45, 2.75) is 12.5 Å². The van der Waals surface area contributed by atoms with Crippen LogP contribution in [0.1, 0.15) is 17.2 Å². The van der Waals surface area contributed by atoms with Gasteiger partial charge in [0.05, 0.1) is 12.5 Å². The van der Waals surface area contributed by atoms with Gasteiger partial charge in [-0.15, -0.1) is 0 Å². The van der Waals surface area contributed by atoms with E-state index in [1.165, 1.54) is 5.56 Å². The van der Waals surface area contributed by atoms with Gasteiger partial charge in [0, 0.05) is 19.6 Å². The second-order valence-electron chi connectivity index (χ2n) is 5.38. The highest BCUT2D eigenvalue weighted by atomic mass is 16.2. The smallest absolute Gasteiger partial charge is 0.227 e. The number of hydrogen-bond acceptors (Lipinski definition) is 2. The van der Waals surface area contributed by atoms with Crippen LogP contribution in [0.5, 0.6) is 0 Å². The van der Waals surface area contributed by atoms with Crippen LogP contribution in [0.2, 0.25) is 0 Å². The summed E-state index contributed by atoms with van der Waals surface area (Å²) in [5, 5.41) is 3.39. The number of hydrogen-bond donors (Lipinski definition) is 1. The number of carbonyl (C=O) groups excluding carboxylic acids is 1. The van der Waals surface area contributed by atoms with Crippen LogP contribution in [-0.2, 0) is 11.2 Å². The van der Waals surface area contributed by atoms with E-state index in [2.05, 4.69) is 17.4 Å². The minimum absolute atomic E-state index is 0.135. The summed E-state index contributed by atoms with van der Waals surface area (Å²) in [6, 6.07) is 20.4. The summed E-state index contributed by atoms with van der Waals surface area (Å²) in [7, 11) is 0. The molecule has 21 heavy (non-hydrogen) atoms. The van der Waals surface area contributed by atoms with E-state index in [1.807, 2.05) is 53.4 Å². The summed E-state index contributed by atoms with van der Waals surface area (Å²) < 4.78 is 0. The molecule has 1 aliphatic heterocycles. The molecule has 0 bridgehead atoms. The SMILES string of the molecule is O=C(Cc1ccccc1)N1CCNCC1c1ccccc1. The van der Waals surface area contributed by atoms with Crippen molar-refractivity contribution >= 4 is 5.91 Å². The molecule has 3 heteroatoms. The largest absolute Gasteiger partial charge is 0.333 e. The highest BCUT2D eigenvalue weighted by Crippen LogP contribution is 2.22. The topological polar surface area (TPSA) is 32.3 Å². The summed E-state index contributed by atoms with van der Waals surface area (Å²) in [4.78, 5) is 14.7. The molecule has 3 rings (SSSR count). The van der Waals surface area contributed by atoms with E-state index in [0.29, 0.717) is 6.42 Å². The van der Waals surface area contributed by atoms with E-state index in [0.717, 1.165) is 25.2 Å². The zero-order valence-electron chi connectivity index (χ0n) is 12.0. The maximum atomic E-state index is 12.6. The van der Waals surface area contributed by atoms with Crippen LogP contribution < -0.4 is 5.32 Å². The highest BCUT2D eigenvalue weighted by Gasteiger charge is 2.27. The minimum atomic E-state index is 0.135. The van der Waals surface area contributed by atoms with Crippen molar-refractivity contribution in [1.29, 1.82) is 0 Å². The van der Waals surface area contributed by atoms with Gasteiger partial charge >= 0.3 is 0 Å². The molecule has 1 amide bonds. The Morgan fingerprint density at radius 2 is 1.71 bits per heavy atom. The zero-order valence-corrected chi connectivity index (χ0v) is 12.0. The van der Waals surface area contributed by atoms with E-state index in [9.17, 15) is 4.79 Å². The molecule has 2 aromatic carbocycles. The molecule has 0 spiro atoms. The van der Waals surface area contributed by atoms with Gasteiger partial charge in [0.25, 0.3) is 0 Å². The Morgan fingerprint density at radius 3 is 2.43 bits per heavy atom. The monoisotopic (exact) mass is 280 g/mol. The fraction of sp³-hybridized carbons (Fsp3) is 0.278. The average Bonchev–Trinajstić information content (AvgIpc) is 2.56. The molecule has 1 N–H and O–H groups in total. The molecule has 1 atom stereocenters. The molecule has 0 saturated carbocycles. The quantitative estimate of drug-likeness (QED) is 0.936. The second-order valence-corrected chi connectivity index (χ2v) is 5.38. The first-order chi connectivity index (χ1) is 10.3. The van der Waals surface area contributed by atoms with E-state index in [-0.39, 0.29) is 11.9 Å². The third kappa shape index (κ3) is 3.31. The predicted octanol–water partition coefficient (Wildman–Crippen LogP) is 2.40. The number of nitrogens with one attached hydrogen (secondary N) is 1. The van der Waals surface area contributed by atoms with Crippen molar-refractivity contribution in [3.63, 3.8) is 0 Å². The second kappa shape index (κ2) is 6.55. The number of nitrogens with zero attached hydrogens (tertiary/aromatic N) is 1. The summed E-state index contributed by atoms with van der Waals surface area (Å²) in [5.74, 6) is 0.205. The van der Waals surface area contributed by atoms with Crippen LogP contribution >= 0.6 is 0 Å². The molecule has 1 aliphatic rings. The Balaban J connectivity index is 1.76. The van der Waals surface area contributed by atoms with Gasteiger partial charge in [0.1, 0.15) is 0 Å². The predicted molar refractivity (Wildman–Crippen MR) is 83.9 cm³/mol. The van der Waals surface area contributed by atoms with E-state index < -0.39 is 0 Å². The van der Waals surface area contributed by atoms with Crippen molar-refractivity contribution in [1.82, 2.24) is 10.2 Å². The fourth-order valence-corrected chi connectivity index (χ4v) is 2.85. The van der Waals surface area contributed by atoms with Gasteiger partial charge in [0.2, 0.25) is 5.91 Å². The van der Waals surface area contributed by atoms with Crippen LogP contribution in [0, 0.1) is 0 Å². The van der Waals surface area contributed by atoms with Gasteiger partial charge in [0.15, 0.2) is 0 Å². The van der Waals surface area contributed by atoms with Gasteiger partial charge in [-0.3, -0.25) is 4.79 Å². The van der Waals surface area contributed by atoms with E-state index in [1.54, 1.807) is 0 Å². The molecular weight excluding hydrogens is 260 g/mol. The summed E-state index contributed by atoms with van der Waals surface area (Å²) in [5.41, 5.74) is 2.28. The van der Waals surface area contributed by atoms with Crippen molar-refractivity contribution in [3.8, 4) is 0 Å². The van der Waals surface area contributed by atoms with Crippen molar-refractivity contribution < 1.29 is 4.79 Å². The van der Waals surface area contributed by atoms with Crippen LogP contribution in [0.25, 0.3) is 0 Å². The van der Waals surface area contributed by atoms with Gasteiger partial charge in [-0.2, -0.15) is 0 Å². The molecule has 1 heterocycles. The number of piperazine rings is 1. The van der Waals surface area contributed by atoms with Crippen molar-refractivity contribution in [2.24, 2.45) is 0 Å². The number of benzene rings is 2. The van der Waals surface area contributed by atoms with Gasteiger partial charge in [-0.1, -0.05) is 60.7 Å². The maximum absolute atomic E-state index is 12.6. The molecule has 1 saturated heterocycles. The zero-order chi connectivity index (χ0) is 14.5. The third-order valence-corrected chi connectivity index (χ3v) is 3.95. The fourth-order valence-electron chi connectivity index (χ4n) is 2.85. The molecule has 2 aromatic rings. The lowest BCUT2D eigenvalue weighted by Crippen LogP contribution is -2.49. The number of amides is 1. The Morgan fingerprint density at radius 1 is 1.05 bits per heavy atom. The van der Waals surface area contributed by atoms with Gasteiger partial charge < -0.3 is 10.2 Å². The molecule has 0 aliphatic carbocycles. The van der Waals surface area contributed by atoms with Crippen LogP contribution in [0.15, 0.2) is 60.7 Å². The Kier molecular flexibility index (Phi) is 4.31. The lowest BCUT2D eigenvalue weighted by atomic mass is 10.0. The number of rotatable bonds is 3. The summed E-state index contributed by atoms with van der Waals surface area (Å²) >= 11 is 0. The van der Waals surface area contributed by atoms with Crippen LogP contribution in [0.3, 0.4) is 0 Å². The molecular formula is C18H20N2O. The third-order valence-electron chi connectivity index (χ3n) is 3.95. The standard InChI is InChI=1S/C18H20N2O/c21-18(13-15-7-3-1-4-8-15)20-12-11-19-14-17(20)16-9-5-2-6-10-16/h1-10,17,19H,11-14H2. The lowest BCUT2D eigenvalue weighted by Gasteiger charge is -2.36. The Bertz CT molecular complexity index is 583. The van der Waals surface area contributed by atoms with Crippen LogP contribution in [-0.4, -0.2) is 30.4 Å². The summed E-state index contributed by atoms with van der Waals surface area (Å²) in [6.45, 7) is 2.46. The Hall–Kier alpha value is -2.13. The van der Waals surface area contributed by atoms with Crippen LogP contribution in [0.4, 0.5) is 0 Å². The number of carbonyl (C=O) groups is 1. The molecule has 1 unspecified atom stereocenters. The molecule has 0 aromatic heterocycles. The minimum Gasteiger partial charge on any atom is -0.333 e. The Labute approximate surface area is 125 Å². The first kappa shape index (κ1) is 13.8. The molecule has 0 radical (unpaired) electrons. The van der Waals surface area contributed by atoms with E-state index in [4.69, 9.17) is 0 Å². The molecule has 3 nitrogen and oxygen atoms in total. The maximum Gasteiger partial charge on any atom is 0.227 e. The van der Waals surface area contributed by atoms with Gasteiger partial charge in [-0.25, -0.2) is 0 Å². The first-order valence-corrected chi connectivity index (χ1v) is 7.43. The van der Waals surface area contributed by atoms with Crippen molar-refractivity contribution in [3.05, 3.63) is 71.8 Å². The van der Waals surface area contributed by atoms with Gasteiger partial charge in [-0.05, 0) is 11.1 Å². The highest BCUT2D eigenvalue weighted by molar-refractivity contribution is 5.79. The molecule has 108 valence electrons. The average molecular weight is 280 g/mol. The normalized spacial score (nSPS) is 18.5. The molecule has 1 fully saturated rings.